The Bertz CT molecular complexity index is 435. The molecule has 5 N–H and O–H groups in total. The second kappa shape index (κ2) is 8.36. The molecule has 0 spiro atoms. The van der Waals surface area contributed by atoms with Crippen LogP contribution in [0.25, 0.3) is 0 Å². The fourth-order valence-corrected chi connectivity index (χ4v) is 1.04. The van der Waals surface area contributed by atoms with E-state index in [0.29, 0.717) is 11.4 Å². The van der Waals surface area contributed by atoms with Gasteiger partial charge < -0.3 is 20.4 Å². The molecule has 0 atom stereocenters. The lowest BCUT2D eigenvalue weighted by molar-refractivity contribution is -0.742. The summed E-state index contributed by atoms with van der Waals surface area (Å²) in [4.78, 5) is 12.9. The van der Waals surface area contributed by atoms with Gasteiger partial charge in [-0.05, 0) is 12.1 Å². The summed E-state index contributed by atoms with van der Waals surface area (Å²) in [7, 11) is 2.87. The molecule has 19 heavy (non-hydrogen) atoms. The van der Waals surface area contributed by atoms with E-state index < -0.39 is 5.09 Å². The Morgan fingerprint density at radius 2 is 2.05 bits per heavy atom. The SMILES string of the molecule is CONC(=N)Nc1ccc(OC)c(O)c1.O=[N+]([O-])O. The van der Waals surface area contributed by atoms with Crippen LogP contribution in [0.4, 0.5) is 5.69 Å². The highest BCUT2D eigenvalue weighted by molar-refractivity contribution is 5.90. The number of phenolic OH excluding ortho intramolecular Hbond substituents is 1. The summed E-state index contributed by atoms with van der Waals surface area (Å²) in [6, 6.07) is 4.72. The van der Waals surface area contributed by atoms with E-state index in [2.05, 4.69) is 15.6 Å². The van der Waals surface area contributed by atoms with Gasteiger partial charge in [0.05, 0.1) is 14.2 Å². The maximum absolute atomic E-state index is 9.45. The molecule has 1 aromatic carbocycles. The van der Waals surface area contributed by atoms with Crippen molar-refractivity contribution < 1.29 is 25.0 Å². The lowest BCUT2D eigenvalue weighted by Crippen LogP contribution is -2.28. The van der Waals surface area contributed by atoms with Gasteiger partial charge in [-0.2, -0.15) is 0 Å². The highest BCUT2D eigenvalue weighted by Crippen LogP contribution is 2.28. The Kier molecular flexibility index (Phi) is 7.15. The Morgan fingerprint density at radius 1 is 1.47 bits per heavy atom. The summed E-state index contributed by atoms with van der Waals surface area (Å²) in [5, 5.41) is 33.1. The maximum Gasteiger partial charge on any atom is 0.291 e. The molecule has 10 nitrogen and oxygen atoms in total. The number of methoxy groups -OCH3 is 1. The van der Waals surface area contributed by atoms with Crippen LogP contribution >= 0.6 is 0 Å². The number of hydroxylamine groups is 1. The van der Waals surface area contributed by atoms with Gasteiger partial charge in [-0.1, -0.05) is 0 Å². The molecule has 0 radical (unpaired) electrons. The minimum Gasteiger partial charge on any atom is -0.504 e. The van der Waals surface area contributed by atoms with E-state index >= 15 is 0 Å². The summed E-state index contributed by atoms with van der Waals surface area (Å²) >= 11 is 0. The van der Waals surface area contributed by atoms with Crippen molar-refractivity contribution in [1.82, 2.24) is 5.48 Å². The van der Waals surface area contributed by atoms with Gasteiger partial charge in [0.1, 0.15) is 0 Å². The van der Waals surface area contributed by atoms with Crippen molar-refractivity contribution in [3.05, 3.63) is 28.3 Å². The van der Waals surface area contributed by atoms with Crippen molar-refractivity contribution in [1.29, 1.82) is 5.41 Å². The predicted octanol–water partition coefficient (Wildman–Crippen LogP) is 0.551. The van der Waals surface area contributed by atoms with Crippen molar-refractivity contribution in [3.8, 4) is 11.5 Å². The van der Waals surface area contributed by atoms with Crippen LogP contribution < -0.4 is 15.5 Å². The number of anilines is 1. The average molecular weight is 274 g/mol. The zero-order valence-corrected chi connectivity index (χ0v) is 10.2. The van der Waals surface area contributed by atoms with Crippen LogP contribution in [-0.2, 0) is 4.84 Å². The lowest BCUT2D eigenvalue weighted by Gasteiger charge is -2.09. The first-order valence-electron chi connectivity index (χ1n) is 4.75. The molecule has 106 valence electrons. The van der Waals surface area contributed by atoms with E-state index in [4.69, 9.17) is 25.5 Å². The molecule has 1 aromatic rings. The molecule has 0 bridgehead atoms. The molecule has 1 rings (SSSR count). The minimum atomic E-state index is -1.50. The second-order valence-electron chi connectivity index (χ2n) is 2.93. The summed E-state index contributed by atoms with van der Waals surface area (Å²) in [6.45, 7) is 0. The number of nitrogens with zero attached hydrogens (tertiary/aromatic N) is 1. The van der Waals surface area contributed by atoms with Gasteiger partial charge in [0.15, 0.2) is 11.5 Å². The number of rotatable bonds is 3. The summed E-state index contributed by atoms with van der Waals surface area (Å²) in [6.07, 6.45) is 0. The van der Waals surface area contributed by atoms with Crippen LogP contribution in [0, 0.1) is 15.5 Å². The third-order valence-electron chi connectivity index (χ3n) is 1.65. The van der Waals surface area contributed by atoms with E-state index in [1.54, 1.807) is 12.1 Å². The highest BCUT2D eigenvalue weighted by Gasteiger charge is 2.03. The van der Waals surface area contributed by atoms with E-state index in [0.717, 1.165) is 0 Å². The fourth-order valence-electron chi connectivity index (χ4n) is 1.04. The van der Waals surface area contributed by atoms with Crippen molar-refractivity contribution in [2.24, 2.45) is 0 Å². The largest absolute Gasteiger partial charge is 0.504 e. The van der Waals surface area contributed by atoms with Gasteiger partial charge in [0.25, 0.3) is 5.09 Å². The first-order chi connectivity index (χ1) is 8.90. The first kappa shape index (κ1) is 16.2. The minimum absolute atomic E-state index is 0.00715. The van der Waals surface area contributed by atoms with Gasteiger partial charge in [0.2, 0.25) is 5.96 Å². The van der Waals surface area contributed by atoms with E-state index in [1.165, 1.54) is 20.3 Å². The molecule has 0 aliphatic heterocycles. The van der Waals surface area contributed by atoms with Crippen LogP contribution in [0.5, 0.6) is 11.5 Å². The van der Waals surface area contributed by atoms with Gasteiger partial charge in [0, 0.05) is 11.8 Å². The van der Waals surface area contributed by atoms with E-state index in [9.17, 15) is 5.11 Å². The van der Waals surface area contributed by atoms with Gasteiger partial charge in [-0.25, -0.2) is 5.48 Å². The van der Waals surface area contributed by atoms with E-state index in [1.807, 2.05) is 0 Å². The molecule has 0 saturated heterocycles. The Labute approximate surface area is 108 Å². The smallest absolute Gasteiger partial charge is 0.291 e. The fraction of sp³-hybridized carbons (Fsp3) is 0.222. The normalized spacial score (nSPS) is 8.74. The van der Waals surface area contributed by atoms with Crippen LogP contribution in [0.15, 0.2) is 18.2 Å². The zero-order chi connectivity index (χ0) is 14.8. The van der Waals surface area contributed by atoms with Gasteiger partial charge in [-0.15, -0.1) is 10.1 Å². The molecular formula is C9H14N4O6. The molecule has 0 aromatic heterocycles. The summed E-state index contributed by atoms with van der Waals surface area (Å²) < 4.78 is 4.88. The molecule has 0 fully saturated rings. The average Bonchev–Trinajstić information content (AvgIpc) is 2.28. The van der Waals surface area contributed by atoms with Crippen LogP contribution in [0.3, 0.4) is 0 Å². The van der Waals surface area contributed by atoms with Crippen molar-refractivity contribution in [2.45, 2.75) is 0 Å². The van der Waals surface area contributed by atoms with Crippen molar-refractivity contribution in [2.75, 3.05) is 19.5 Å². The predicted molar refractivity (Wildman–Crippen MR) is 64.9 cm³/mol. The number of hydrogen-bond acceptors (Lipinski definition) is 6. The number of hydrogen-bond donors (Lipinski definition) is 5. The Balaban J connectivity index is 0.000000711. The van der Waals surface area contributed by atoms with Gasteiger partial charge >= 0.3 is 0 Å². The number of phenols is 1. The standard InChI is InChI=1S/C9H13N3O3.HNO3/c1-14-8-4-3-6(5-7(8)13)11-9(10)12-15-2;2-1(3)4/h3-5,13H,1-2H3,(H3,10,11,12);(H,2,3,4). The number of ether oxygens (including phenoxy) is 1. The number of aromatic hydroxyl groups is 1. The van der Waals surface area contributed by atoms with Crippen molar-refractivity contribution >= 4 is 11.6 Å². The first-order valence-corrected chi connectivity index (χ1v) is 4.75. The third-order valence-corrected chi connectivity index (χ3v) is 1.65. The number of nitrogens with one attached hydrogen (secondary N) is 3. The monoisotopic (exact) mass is 274 g/mol. The van der Waals surface area contributed by atoms with Gasteiger partial charge in [-0.3, -0.25) is 10.2 Å². The highest BCUT2D eigenvalue weighted by atomic mass is 16.9. The maximum atomic E-state index is 9.45. The molecule has 0 heterocycles. The number of guanidine groups is 1. The molecule has 10 heteroatoms. The Hall–Kier alpha value is -2.75. The van der Waals surface area contributed by atoms with Crippen molar-refractivity contribution in [3.63, 3.8) is 0 Å². The molecule has 0 amide bonds. The second-order valence-corrected chi connectivity index (χ2v) is 2.93. The topological polar surface area (TPSA) is 150 Å². The van der Waals surface area contributed by atoms with Crippen LogP contribution in [-0.4, -0.2) is 35.6 Å². The quantitative estimate of drug-likeness (QED) is 0.232. The molecule has 0 unspecified atom stereocenters. The number of benzene rings is 1. The molecule has 0 aliphatic rings. The van der Waals surface area contributed by atoms with E-state index in [-0.39, 0.29) is 11.7 Å². The van der Waals surface area contributed by atoms with Crippen LogP contribution in [0.1, 0.15) is 0 Å². The molecule has 0 aliphatic carbocycles. The van der Waals surface area contributed by atoms with Crippen LogP contribution in [0.2, 0.25) is 0 Å². The molecule has 0 saturated carbocycles. The summed E-state index contributed by atoms with van der Waals surface area (Å²) in [5.41, 5.74) is 2.86. The lowest BCUT2D eigenvalue weighted by atomic mass is 10.3. The zero-order valence-electron chi connectivity index (χ0n) is 10.2. The summed E-state index contributed by atoms with van der Waals surface area (Å²) in [5.74, 6) is 0.363. The molecular weight excluding hydrogens is 260 g/mol. The third kappa shape index (κ3) is 7.23. The Morgan fingerprint density at radius 3 is 2.47 bits per heavy atom.